The topological polar surface area (TPSA) is 114 Å². The van der Waals surface area contributed by atoms with E-state index in [0.717, 1.165) is 24.3 Å². The van der Waals surface area contributed by atoms with E-state index in [-0.39, 0.29) is 11.3 Å². The molecule has 0 aliphatic carbocycles. The number of rotatable bonds is 7. The molecule has 0 spiro atoms. The largest absolute Gasteiger partial charge is 0.493 e. The van der Waals surface area contributed by atoms with E-state index in [0.29, 0.717) is 11.3 Å². The molecule has 2 aromatic carbocycles. The monoisotopic (exact) mass is 389 g/mol. The predicted octanol–water partition coefficient (Wildman–Crippen LogP) is 3.73. The number of benzene rings is 2. The van der Waals surface area contributed by atoms with Gasteiger partial charge in [-0.05, 0) is 36.4 Å². The van der Waals surface area contributed by atoms with Crippen molar-refractivity contribution < 1.29 is 28.0 Å². The van der Waals surface area contributed by atoms with Gasteiger partial charge in [0.05, 0.1) is 35.3 Å². The van der Waals surface area contributed by atoms with Crippen molar-refractivity contribution in [2.45, 2.75) is 6.61 Å². The molecule has 1 amide bonds. The summed E-state index contributed by atoms with van der Waals surface area (Å²) in [5.74, 6) is -1.24. The fourth-order valence-electron chi connectivity index (χ4n) is 2.18. The summed E-state index contributed by atoms with van der Waals surface area (Å²) in [4.78, 5) is 22.4. The van der Waals surface area contributed by atoms with Crippen molar-refractivity contribution in [1.29, 1.82) is 5.26 Å². The number of alkyl halides is 2. The number of nitro benzene ring substituents is 1. The molecular weight excluding hydrogens is 376 g/mol. The third-order valence-electron chi connectivity index (χ3n) is 3.42. The molecule has 0 heterocycles. The van der Waals surface area contributed by atoms with Crippen molar-refractivity contribution in [3.8, 4) is 17.6 Å². The number of halogens is 2. The van der Waals surface area contributed by atoms with Crippen LogP contribution in [0.2, 0.25) is 0 Å². The van der Waals surface area contributed by atoms with Gasteiger partial charge in [-0.3, -0.25) is 14.9 Å². The third kappa shape index (κ3) is 5.25. The van der Waals surface area contributed by atoms with E-state index in [1.165, 1.54) is 31.4 Å². The molecule has 144 valence electrons. The number of nitrogens with zero attached hydrogens (tertiary/aromatic N) is 2. The van der Waals surface area contributed by atoms with Crippen LogP contribution in [-0.4, -0.2) is 24.6 Å². The minimum Gasteiger partial charge on any atom is -0.493 e. The van der Waals surface area contributed by atoms with Crippen molar-refractivity contribution in [2.75, 3.05) is 12.4 Å². The number of hydrogen-bond donors (Lipinski definition) is 1. The van der Waals surface area contributed by atoms with Gasteiger partial charge in [0.15, 0.2) is 11.5 Å². The van der Waals surface area contributed by atoms with Gasteiger partial charge >= 0.3 is 6.61 Å². The molecule has 2 aromatic rings. The average Bonchev–Trinajstić information content (AvgIpc) is 2.66. The van der Waals surface area contributed by atoms with Crippen LogP contribution < -0.4 is 14.8 Å². The van der Waals surface area contributed by atoms with E-state index >= 15 is 0 Å². The van der Waals surface area contributed by atoms with E-state index < -0.39 is 28.9 Å². The highest BCUT2D eigenvalue weighted by molar-refractivity contribution is 6.02. The van der Waals surface area contributed by atoms with E-state index in [1.54, 1.807) is 0 Å². The molecule has 0 aliphatic heterocycles. The zero-order valence-electron chi connectivity index (χ0n) is 14.4. The Balaban J connectivity index is 2.26. The van der Waals surface area contributed by atoms with Crippen molar-refractivity contribution in [3.05, 3.63) is 63.7 Å². The molecule has 0 fully saturated rings. The molecule has 0 saturated heterocycles. The molecule has 0 saturated carbocycles. The first-order valence-electron chi connectivity index (χ1n) is 7.64. The van der Waals surface area contributed by atoms with Crippen LogP contribution in [0.25, 0.3) is 6.08 Å². The molecule has 0 aliphatic rings. The van der Waals surface area contributed by atoms with Gasteiger partial charge in [-0.25, -0.2) is 0 Å². The lowest BCUT2D eigenvalue weighted by atomic mass is 10.1. The first-order chi connectivity index (χ1) is 13.3. The maximum absolute atomic E-state index is 12.4. The maximum Gasteiger partial charge on any atom is 0.387 e. The highest BCUT2D eigenvalue weighted by Crippen LogP contribution is 2.36. The average molecular weight is 389 g/mol. The van der Waals surface area contributed by atoms with Gasteiger partial charge in [0.25, 0.3) is 5.69 Å². The Morgan fingerprint density at radius 1 is 1.29 bits per heavy atom. The number of ether oxygens (including phenoxy) is 2. The second kappa shape index (κ2) is 9.09. The van der Waals surface area contributed by atoms with Gasteiger partial charge in [0.2, 0.25) is 5.91 Å². The van der Waals surface area contributed by atoms with Gasteiger partial charge in [0, 0.05) is 11.8 Å². The maximum atomic E-state index is 12.4. The quantitative estimate of drug-likeness (QED) is 0.438. The van der Waals surface area contributed by atoms with Crippen molar-refractivity contribution in [3.63, 3.8) is 0 Å². The molecule has 2 rings (SSSR count). The van der Waals surface area contributed by atoms with Crippen molar-refractivity contribution in [2.24, 2.45) is 0 Å². The van der Waals surface area contributed by atoms with Gasteiger partial charge < -0.3 is 14.8 Å². The SMILES string of the molecule is COc1cc(/C=C/C(=O)Nc2ccc(C#N)cc2)c([N+](=O)[O-])cc1OC(F)F. The first-order valence-corrected chi connectivity index (χ1v) is 7.64. The lowest BCUT2D eigenvalue weighted by Crippen LogP contribution is -2.08. The Hall–Kier alpha value is -4.00. The van der Waals surface area contributed by atoms with Crippen LogP contribution in [0.4, 0.5) is 20.2 Å². The zero-order chi connectivity index (χ0) is 20.7. The van der Waals surface area contributed by atoms with E-state index in [2.05, 4.69) is 10.1 Å². The van der Waals surface area contributed by atoms with Crippen LogP contribution in [0.5, 0.6) is 11.5 Å². The molecule has 0 radical (unpaired) electrons. The van der Waals surface area contributed by atoms with E-state index in [9.17, 15) is 23.7 Å². The van der Waals surface area contributed by atoms with Crippen LogP contribution in [0.3, 0.4) is 0 Å². The number of anilines is 1. The van der Waals surface area contributed by atoms with Crippen molar-refractivity contribution in [1.82, 2.24) is 0 Å². The summed E-state index contributed by atoms with van der Waals surface area (Å²) in [7, 11) is 1.19. The highest BCUT2D eigenvalue weighted by atomic mass is 19.3. The Bertz CT molecular complexity index is 953. The summed E-state index contributed by atoms with van der Waals surface area (Å²) in [5.41, 5.74) is 0.251. The Labute approximate surface area is 157 Å². The lowest BCUT2D eigenvalue weighted by molar-refractivity contribution is -0.385. The molecule has 0 aromatic heterocycles. The molecule has 0 unspecified atom stereocenters. The van der Waals surface area contributed by atoms with Crippen molar-refractivity contribution >= 4 is 23.4 Å². The zero-order valence-corrected chi connectivity index (χ0v) is 14.4. The minimum atomic E-state index is -3.19. The van der Waals surface area contributed by atoms with Crippen LogP contribution in [0, 0.1) is 21.4 Å². The fourth-order valence-corrected chi connectivity index (χ4v) is 2.18. The van der Waals surface area contributed by atoms with Crippen LogP contribution in [0.15, 0.2) is 42.5 Å². The molecule has 1 N–H and O–H groups in total. The van der Waals surface area contributed by atoms with E-state index in [4.69, 9.17) is 10.00 Å². The predicted molar refractivity (Wildman–Crippen MR) is 95.1 cm³/mol. The molecule has 28 heavy (non-hydrogen) atoms. The summed E-state index contributed by atoms with van der Waals surface area (Å²) in [6, 6.07) is 9.91. The van der Waals surface area contributed by atoms with Crippen LogP contribution in [0.1, 0.15) is 11.1 Å². The lowest BCUT2D eigenvalue weighted by Gasteiger charge is -2.10. The minimum absolute atomic E-state index is 0.0431. The number of nitro groups is 1. The number of amides is 1. The first kappa shape index (κ1) is 20.3. The number of nitriles is 1. The van der Waals surface area contributed by atoms with Gasteiger partial charge in [-0.15, -0.1) is 0 Å². The number of carbonyl (C=O) groups is 1. The normalized spacial score (nSPS) is 10.5. The number of methoxy groups -OCH3 is 1. The summed E-state index contributed by atoms with van der Waals surface area (Å²) in [5, 5.41) is 22.5. The van der Waals surface area contributed by atoms with Crippen LogP contribution >= 0.6 is 0 Å². The molecule has 0 atom stereocenters. The Morgan fingerprint density at radius 2 is 1.96 bits per heavy atom. The highest BCUT2D eigenvalue weighted by Gasteiger charge is 2.20. The number of nitrogens with one attached hydrogen (secondary N) is 1. The number of hydrogen-bond acceptors (Lipinski definition) is 6. The fraction of sp³-hybridized carbons (Fsp3) is 0.111. The second-order valence-corrected chi connectivity index (χ2v) is 5.21. The van der Waals surface area contributed by atoms with Gasteiger partial charge in [0.1, 0.15) is 0 Å². The van der Waals surface area contributed by atoms with Gasteiger partial charge in [-0.2, -0.15) is 14.0 Å². The molecule has 0 bridgehead atoms. The second-order valence-electron chi connectivity index (χ2n) is 5.21. The van der Waals surface area contributed by atoms with Crippen LogP contribution in [-0.2, 0) is 4.79 Å². The third-order valence-corrected chi connectivity index (χ3v) is 3.42. The Kier molecular flexibility index (Phi) is 6.59. The van der Waals surface area contributed by atoms with E-state index in [1.807, 2.05) is 6.07 Å². The van der Waals surface area contributed by atoms with Gasteiger partial charge in [-0.1, -0.05) is 0 Å². The Morgan fingerprint density at radius 3 is 2.50 bits per heavy atom. The smallest absolute Gasteiger partial charge is 0.387 e. The summed E-state index contributed by atoms with van der Waals surface area (Å²) in [6.07, 6.45) is 2.18. The number of carbonyl (C=O) groups excluding carboxylic acids is 1. The summed E-state index contributed by atoms with van der Waals surface area (Å²) >= 11 is 0. The summed E-state index contributed by atoms with van der Waals surface area (Å²) < 4.78 is 34.0. The molecule has 10 heteroatoms. The summed E-state index contributed by atoms with van der Waals surface area (Å²) in [6.45, 7) is -3.19. The molecular formula is C18H13F2N3O5. The standard InChI is InChI=1S/C18H13F2N3O5/c1-27-15-8-12(14(23(25)26)9-16(15)28-18(19)20)4-7-17(24)22-13-5-2-11(10-21)3-6-13/h2-9,18H,1H3,(H,22,24)/b7-4+. The molecule has 8 nitrogen and oxygen atoms in total.